The van der Waals surface area contributed by atoms with E-state index < -0.39 is 15.3 Å². The Kier molecular flexibility index (Phi) is 10.6. The maximum atomic E-state index is 13.9. The van der Waals surface area contributed by atoms with Crippen LogP contribution in [-0.2, 0) is 32.5 Å². The molecule has 1 amide bonds. The van der Waals surface area contributed by atoms with E-state index in [2.05, 4.69) is 39.6 Å². The van der Waals surface area contributed by atoms with Crippen molar-refractivity contribution >= 4 is 15.7 Å². The van der Waals surface area contributed by atoms with E-state index in [4.69, 9.17) is 9.47 Å². The molecule has 0 spiro atoms. The van der Waals surface area contributed by atoms with E-state index in [-0.39, 0.29) is 23.5 Å². The van der Waals surface area contributed by atoms with E-state index in [1.165, 1.54) is 5.56 Å². The van der Waals surface area contributed by atoms with Crippen molar-refractivity contribution in [2.75, 3.05) is 53.5 Å². The SMILES string of the molecule is COc1cc(C)c(S(=O)(=O)C(OCC(=O)NCc2ccc(CN3CCN(C)CC3)cc2)C2CCCCN2)c(C)c1. The fourth-order valence-electron chi connectivity index (χ4n) is 5.56. The van der Waals surface area contributed by atoms with Crippen LogP contribution >= 0.6 is 0 Å². The number of methoxy groups -OCH3 is 1. The van der Waals surface area contributed by atoms with Gasteiger partial charge in [0, 0.05) is 45.3 Å². The summed E-state index contributed by atoms with van der Waals surface area (Å²) < 4.78 is 39.1. The molecule has 2 aliphatic heterocycles. The van der Waals surface area contributed by atoms with Crippen molar-refractivity contribution in [3.05, 3.63) is 58.7 Å². The van der Waals surface area contributed by atoms with Crippen LogP contribution in [0.4, 0.5) is 0 Å². The van der Waals surface area contributed by atoms with Crippen LogP contribution in [0.15, 0.2) is 41.3 Å². The van der Waals surface area contributed by atoms with Crippen LogP contribution in [0.3, 0.4) is 0 Å². The molecule has 4 rings (SSSR count). The Hall–Kier alpha value is -2.50. The zero-order chi connectivity index (χ0) is 28.7. The highest BCUT2D eigenvalue weighted by atomic mass is 32.2. The van der Waals surface area contributed by atoms with Crippen molar-refractivity contribution in [3.8, 4) is 5.75 Å². The average Bonchev–Trinajstić information content (AvgIpc) is 2.94. The molecule has 2 unspecified atom stereocenters. The minimum Gasteiger partial charge on any atom is -0.497 e. The normalized spacial score (nSPS) is 19.8. The highest BCUT2D eigenvalue weighted by molar-refractivity contribution is 7.92. The maximum absolute atomic E-state index is 13.9. The first kappa shape index (κ1) is 30.5. The van der Waals surface area contributed by atoms with E-state index in [1.807, 2.05) is 12.1 Å². The molecule has 9 nitrogen and oxygen atoms in total. The lowest BCUT2D eigenvalue weighted by atomic mass is 10.1. The summed E-state index contributed by atoms with van der Waals surface area (Å²) in [7, 11) is -0.187. The minimum atomic E-state index is -3.90. The number of carbonyl (C=O) groups is 1. The predicted molar refractivity (Wildman–Crippen MR) is 156 cm³/mol. The van der Waals surface area contributed by atoms with Crippen LogP contribution in [0.2, 0.25) is 0 Å². The molecule has 0 aromatic heterocycles. The van der Waals surface area contributed by atoms with Gasteiger partial charge in [0.05, 0.1) is 12.0 Å². The first-order valence-electron chi connectivity index (χ1n) is 14.2. The van der Waals surface area contributed by atoms with Crippen LogP contribution < -0.4 is 15.4 Å². The molecule has 0 aliphatic carbocycles. The Morgan fingerprint density at radius 2 is 1.70 bits per heavy atom. The molecule has 2 aliphatic rings. The smallest absolute Gasteiger partial charge is 0.246 e. The Morgan fingerprint density at radius 3 is 2.30 bits per heavy atom. The Bertz CT molecular complexity index is 1210. The molecule has 2 atom stereocenters. The summed E-state index contributed by atoms with van der Waals surface area (Å²) in [4.78, 5) is 17.8. The summed E-state index contributed by atoms with van der Waals surface area (Å²) in [6, 6.07) is 11.3. The predicted octanol–water partition coefficient (Wildman–Crippen LogP) is 2.63. The van der Waals surface area contributed by atoms with E-state index in [0.29, 0.717) is 29.8 Å². The van der Waals surface area contributed by atoms with Gasteiger partial charge in [0.2, 0.25) is 15.7 Å². The zero-order valence-corrected chi connectivity index (χ0v) is 25.1. The summed E-state index contributed by atoms with van der Waals surface area (Å²) in [6.45, 7) is 9.50. The lowest BCUT2D eigenvalue weighted by Gasteiger charge is -2.32. The molecule has 10 heteroatoms. The number of amides is 1. The molecule has 2 fully saturated rings. The number of ether oxygens (including phenoxy) is 2. The Morgan fingerprint density at radius 1 is 1.05 bits per heavy atom. The van der Waals surface area contributed by atoms with Gasteiger partial charge in [-0.3, -0.25) is 9.69 Å². The van der Waals surface area contributed by atoms with Crippen LogP contribution in [0.5, 0.6) is 5.75 Å². The van der Waals surface area contributed by atoms with Crippen LogP contribution in [0.25, 0.3) is 0 Å². The summed E-state index contributed by atoms with van der Waals surface area (Å²) in [5, 5.41) is 6.19. The molecule has 40 heavy (non-hydrogen) atoms. The molecule has 2 aromatic rings. The number of benzene rings is 2. The van der Waals surface area contributed by atoms with Gasteiger partial charge >= 0.3 is 0 Å². The first-order valence-corrected chi connectivity index (χ1v) is 15.7. The fourth-order valence-corrected chi connectivity index (χ4v) is 7.72. The number of hydrogen-bond acceptors (Lipinski definition) is 8. The lowest BCUT2D eigenvalue weighted by Crippen LogP contribution is -2.49. The third-order valence-electron chi connectivity index (χ3n) is 7.83. The van der Waals surface area contributed by atoms with Gasteiger partial charge in [0.25, 0.3) is 0 Å². The minimum absolute atomic E-state index is 0.239. The number of piperidine rings is 1. The molecule has 2 aromatic carbocycles. The quantitative estimate of drug-likeness (QED) is 0.424. The third kappa shape index (κ3) is 7.82. The van der Waals surface area contributed by atoms with Crippen molar-refractivity contribution in [3.63, 3.8) is 0 Å². The molecule has 0 bridgehead atoms. The summed E-state index contributed by atoms with van der Waals surface area (Å²) in [6.07, 6.45) is 2.56. The van der Waals surface area contributed by atoms with Crippen molar-refractivity contribution in [1.82, 2.24) is 20.4 Å². The highest BCUT2D eigenvalue weighted by Crippen LogP contribution is 2.31. The van der Waals surface area contributed by atoms with Gasteiger partial charge < -0.3 is 25.0 Å². The largest absolute Gasteiger partial charge is 0.497 e. The van der Waals surface area contributed by atoms with Gasteiger partial charge in [-0.2, -0.15) is 0 Å². The second-order valence-electron chi connectivity index (χ2n) is 11.0. The number of rotatable bonds is 11. The summed E-state index contributed by atoms with van der Waals surface area (Å²) >= 11 is 0. The van der Waals surface area contributed by atoms with E-state index >= 15 is 0 Å². The van der Waals surface area contributed by atoms with Crippen molar-refractivity contribution < 1.29 is 22.7 Å². The molecule has 2 N–H and O–H groups in total. The molecule has 0 saturated carbocycles. The number of carbonyl (C=O) groups excluding carboxylic acids is 1. The molecule has 2 saturated heterocycles. The van der Waals surface area contributed by atoms with Gasteiger partial charge in [-0.15, -0.1) is 0 Å². The van der Waals surface area contributed by atoms with Crippen molar-refractivity contribution in [1.29, 1.82) is 0 Å². The van der Waals surface area contributed by atoms with Crippen LogP contribution in [-0.4, -0.2) is 89.1 Å². The fraction of sp³-hybridized carbons (Fsp3) is 0.567. The van der Waals surface area contributed by atoms with E-state index in [9.17, 15) is 13.2 Å². The van der Waals surface area contributed by atoms with Crippen molar-refractivity contribution in [2.24, 2.45) is 0 Å². The summed E-state index contributed by atoms with van der Waals surface area (Å²) in [5.74, 6) is 0.259. The topological polar surface area (TPSA) is 100 Å². The van der Waals surface area contributed by atoms with Gasteiger partial charge in [-0.1, -0.05) is 30.7 Å². The zero-order valence-electron chi connectivity index (χ0n) is 24.2. The van der Waals surface area contributed by atoms with Crippen molar-refractivity contribution in [2.45, 2.75) is 62.6 Å². The van der Waals surface area contributed by atoms with E-state index in [0.717, 1.165) is 57.7 Å². The maximum Gasteiger partial charge on any atom is 0.246 e. The van der Waals surface area contributed by atoms with Gasteiger partial charge in [-0.05, 0) is 74.7 Å². The molecule has 220 valence electrons. The van der Waals surface area contributed by atoms with Gasteiger partial charge in [0.1, 0.15) is 12.4 Å². The molecule has 2 heterocycles. The average molecular weight is 573 g/mol. The highest BCUT2D eigenvalue weighted by Gasteiger charge is 2.38. The monoisotopic (exact) mass is 572 g/mol. The van der Waals surface area contributed by atoms with Gasteiger partial charge in [-0.25, -0.2) is 8.42 Å². The van der Waals surface area contributed by atoms with Gasteiger partial charge in [0.15, 0.2) is 5.44 Å². The number of aryl methyl sites for hydroxylation is 2. The number of piperazine rings is 1. The summed E-state index contributed by atoms with van der Waals surface area (Å²) in [5.41, 5.74) is 2.26. The third-order valence-corrected chi connectivity index (χ3v) is 10.1. The standard InChI is InChI=1S/C30H44N4O5S/c1-22-17-26(38-4)18-23(2)29(22)40(36,37)30(27-7-5-6-12-31-27)39-21-28(35)32-19-24-8-10-25(11-9-24)20-34-15-13-33(3)14-16-34/h8-11,17-18,27,30-31H,5-7,12-16,19-21H2,1-4H3,(H,32,35). The molecular weight excluding hydrogens is 528 g/mol. The number of likely N-dealkylation sites (N-methyl/N-ethyl adjacent to an activating group) is 1. The first-order chi connectivity index (χ1) is 19.2. The Balaban J connectivity index is 1.36. The number of hydrogen-bond donors (Lipinski definition) is 2. The lowest BCUT2D eigenvalue weighted by molar-refractivity contribution is -0.126. The second-order valence-corrected chi connectivity index (χ2v) is 13.0. The Labute approximate surface area is 239 Å². The number of nitrogens with one attached hydrogen (secondary N) is 2. The van der Waals surface area contributed by atoms with Crippen LogP contribution in [0, 0.1) is 13.8 Å². The second kappa shape index (κ2) is 13.9. The number of sulfone groups is 1. The molecule has 0 radical (unpaired) electrons. The van der Waals surface area contributed by atoms with E-state index in [1.54, 1.807) is 33.1 Å². The molecular formula is C30H44N4O5S. The van der Waals surface area contributed by atoms with Crippen LogP contribution in [0.1, 0.15) is 41.5 Å². The number of nitrogens with zero attached hydrogens (tertiary/aromatic N) is 2.